The molecule has 0 bridgehead atoms. The summed E-state index contributed by atoms with van der Waals surface area (Å²) < 4.78 is 252. The van der Waals surface area contributed by atoms with Gasteiger partial charge in [0.25, 0.3) is 0 Å². The summed E-state index contributed by atoms with van der Waals surface area (Å²) in [6.45, 7) is -0.500. The number of sulfonamides is 1. The Kier molecular flexibility index (Phi) is 14.9. The predicted molar refractivity (Wildman–Crippen MR) is 127 cm³/mol. The van der Waals surface area contributed by atoms with E-state index in [-0.39, 0.29) is 51.7 Å². The number of hydrogen-bond donors (Lipinski definition) is 3. The Bertz CT molecular complexity index is 1180. The van der Waals surface area contributed by atoms with Gasteiger partial charge in [-0.3, -0.25) is 9.59 Å². The number of rotatable bonds is 23. The van der Waals surface area contributed by atoms with Gasteiger partial charge in [-0.2, -0.15) is 74.6 Å². The highest BCUT2D eigenvalue weighted by Gasteiger charge is 2.95. The fraction of sp³-hybridized carbons (Fsp3) is 0.909. The van der Waals surface area contributed by atoms with E-state index in [1.807, 2.05) is 0 Å². The van der Waals surface area contributed by atoms with E-state index in [1.54, 1.807) is 0 Å². The van der Waals surface area contributed by atoms with Gasteiger partial charge in [0, 0.05) is 26.1 Å². The van der Waals surface area contributed by atoms with Gasteiger partial charge < -0.3 is 15.1 Å². The zero-order valence-electron chi connectivity index (χ0n) is 23.8. The zero-order chi connectivity index (χ0) is 38.4. The van der Waals surface area contributed by atoms with Crippen molar-refractivity contribution in [1.82, 2.24) is 9.62 Å². The normalized spacial score (nSPS) is 14.9. The van der Waals surface area contributed by atoms with Crippen LogP contribution in [-0.2, 0) is 19.6 Å². The van der Waals surface area contributed by atoms with Crippen LogP contribution < -0.4 is 4.72 Å². The maximum absolute atomic E-state index is 14.0. The Morgan fingerprint density at radius 2 is 0.917 bits per heavy atom. The third-order valence-corrected chi connectivity index (χ3v) is 7.86. The summed E-state index contributed by atoms with van der Waals surface area (Å²) >= 11 is 0. The molecular weight excluding hydrogens is 743 g/mol. The minimum absolute atomic E-state index is 0.0153. The molecule has 0 saturated carbocycles. The molecule has 0 aliphatic rings. The van der Waals surface area contributed by atoms with E-state index in [2.05, 4.69) is 0 Å². The van der Waals surface area contributed by atoms with Crippen molar-refractivity contribution in [3.63, 3.8) is 0 Å². The SMILES string of the molecule is O=C(O)CCN(CCCCCCNS(=O)(=O)CCC(F)(F)C(F)(F)C(F)(F)C(F)(F)C(F)(F)C(F)(F)C(F)(F)C(F)(F)F)CCC(=O)O. The molecule has 0 fully saturated rings. The van der Waals surface area contributed by atoms with Gasteiger partial charge in [-0.25, -0.2) is 13.1 Å². The third kappa shape index (κ3) is 10.1. The van der Waals surface area contributed by atoms with Crippen molar-refractivity contribution in [1.29, 1.82) is 0 Å². The van der Waals surface area contributed by atoms with Gasteiger partial charge >= 0.3 is 59.6 Å². The molecule has 286 valence electrons. The van der Waals surface area contributed by atoms with Crippen LogP contribution in [0, 0.1) is 0 Å². The minimum atomic E-state index is -8.77. The number of carbonyl (C=O) groups is 2. The van der Waals surface area contributed by atoms with Crippen LogP contribution in [0.1, 0.15) is 44.9 Å². The summed E-state index contributed by atoms with van der Waals surface area (Å²) in [5.41, 5.74) is 0. The highest BCUT2D eigenvalue weighted by molar-refractivity contribution is 7.89. The maximum Gasteiger partial charge on any atom is 0.460 e. The lowest BCUT2D eigenvalue weighted by Crippen LogP contribution is -2.74. The number of nitrogens with zero attached hydrogens (tertiary/aromatic N) is 1. The number of carboxylic acids is 2. The number of hydrogen-bond acceptors (Lipinski definition) is 5. The first-order valence-electron chi connectivity index (χ1n) is 13.0. The van der Waals surface area contributed by atoms with E-state index in [9.17, 15) is 92.6 Å². The van der Waals surface area contributed by atoms with Gasteiger partial charge in [0.15, 0.2) is 0 Å². The molecule has 0 saturated heterocycles. The van der Waals surface area contributed by atoms with E-state index < -0.39 is 88.3 Å². The molecule has 0 radical (unpaired) electrons. The Morgan fingerprint density at radius 1 is 0.542 bits per heavy atom. The van der Waals surface area contributed by atoms with Gasteiger partial charge in [0.1, 0.15) is 0 Å². The number of unbranched alkanes of at least 4 members (excludes halogenated alkanes) is 3. The topological polar surface area (TPSA) is 124 Å². The van der Waals surface area contributed by atoms with Gasteiger partial charge in [0.2, 0.25) is 10.0 Å². The minimum Gasteiger partial charge on any atom is -0.481 e. The van der Waals surface area contributed by atoms with Crippen molar-refractivity contribution in [3.8, 4) is 0 Å². The summed E-state index contributed by atoms with van der Waals surface area (Å²) in [5.74, 6) is -62.4. The quantitative estimate of drug-likeness (QED) is 0.0846. The first-order chi connectivity index (χ1) is 21.2. The standard InChI is InChI=1S/C22H27F17N2O6S/c23-15(24,16(25,26)17(27,28)18(29,30)19(31,32)20(33,34)21(35,36)22(37,38)39)7-12-48(46,47)40-8-3-1-2-4-9-41(10-5-13(42)43)11-6-14(44)45/h40H,1-12H2,(H,42,43)(H,44,45). The Balaban J connectivity index is 5.43. The summed E-state index contributed by atoms with van der Waals surface area (Å²) in [7, 11) is -5.19. The molecule has 0 atom stereocenters. The van der Waals surface area contributed by atoms with Crippen molar-refractivity contribution in [2.45, 2.75) is 92.6 Å². The summed E-state index contributed by atoms with van der Waals surface area (Å²) in [4.78, 5) is 22.9. The van der Waals surface area contributed by atoms with Gasteiger partial charge in [-0.15, -0.1) is 0 Å². The van der Waals surface area contributed by atoms with Crippen molar-refractivity contribution < 1.29 is 103 Å². The molecule has 0 unspecified atom stereocenters. The average Bonchev–Trinajstić information content (AvgIpc) is 2.90. The van der Waals surface area contributed by atoms with Gasteiger partial charge in [0.05, 0.1) is 18.6 Å². The number of nitrogens with one attached hydrogen (secondary N) is 1. The molecule has 0 aromatic heterocycles. The molecule has 0 amide bonds. The number of alkyl halides is 17. The fourth-order valence-corrected chi connectivity index (χ4v) is 4.70. The number of halogens is 17. The van der Waals surface area contributed by atoms with E-state index >= 15 is 0 Å². The summed E-state index contributed by atoms with van der Waals surface area (Å²) in [6, 6.07) is 0. The summed E-state index contributed by atoms with van der Waals surface area (Å²) in [6.07, 6.45) is -11.1. The van der Waals surface area contributed by atoms with Crippen LogP contribution in [0.4, 0.5) is 74.6 Å². The molecule has 48 heavy (non-hydrogen) atoms. The first kappa shape index (κ1) is 45.6. The van der Waals surface area contributed by atoms with Crippen LogP contribution >= 0.6 is 0 Å². The third-order valence-electron chi connectivity index (χ3n) is 6.48. The van der Waals surface area contributed by atoms with Gasteiger partial charge in [-0.05, 0) is 19.4 Å². The zero-order valence-corrected chi connectivity index (χ0v) is 24.6. The van der Waals surface area contributed by atoms with Crippen LogP contribution in [0.3, 0.4) is 0 Å². The molecule has 0 aromatic carbocycles. The largest absolute Gasteiger partial charge is 0.481 e. The lowest BCUT2D eigenvalue weighted by atomic mass is 9.88. The van der Waals surface area contributed by atoms with Crippen LogP contribution in [0.5, 0.6) is 0 Å². The monoisotopic (exact) mass is 770 g/mol. The molecule has 0 spiro atoms. The second-order valence-corrected chi connectivity index (χ2v) is 12.1. The van der Waals surface area contributed by atoms with Crippen LogP contribution in [0.25, 0.3) is 0 Å². The predicted octanol–water partition coefficient (Wildman–Crippen LogP) is 6.12. The summed E-state index contributed by atoms with van der Waals surface area (Å²) in [5, 5.41) is 17.4. The molecule has 8 nitrogen and oxygen atoms in total. The Morgan fingerprint density at radius 3 is 1.31 bits per heavy atom. The van der Waals surface area contributed by atoms with Gasteiger partial charge in [-0.1, -0.05) is 12.8 Å². The average molecular weight is 770 g/mol. The fourth-order valence-electron chi connectivity index (χ4n) is 3.57. The van der Waals surface area contributed by atoms with E-state index in [0.29, 0.717) is 6.42 Å². The van der Waals surface area contributed by atoms with Crippen molar-refractivity contribution in [3.05, 3.63) is 0 Å². The highest BCUT2D eigenvalue weighted by atomic mass is 32.2. The number of aliphatic carboxylic acids is 2. The van der Waals surface area contributed by atoms with Crippen molar-refractivity contribution in [2.75, 3.05) is 31.9 Å². The molecule has 26 heteroatoms. The van der Waals surface area contributed by atoms with E-state index in [1.165, 1.54) is 9.62 Å². The molecule has 0 heterocycles. The molecule has 0 rings (SSSR count). The Hall–Kier alpha value is -2.38. The van der Waals surface area contributed by atoms with Crippen LogP contribution in [0.2, 0.25) is 0 Å². The van der Waals surface area contributed by atoms with E-state index in [4.69, 9.17) is 10.2 Å². The molecule has 3 N–H and O–H groups in total. The maximum atomic E-state index is 14.0. The Labute approximate surface area is 259 Å². The van der Waals surface area contributed by atoms with Crippen molar-refractivity contribution >= 4 is 22.0 Å². The molecular formula is C22H27F17N2O6S. The lowest BCUT2D eigenvalue weighted by molar-refractivity contribution is -0.461. The highest BCUT2D eigenvalue weighted by Crippen LogP contribution is 2.64. The molecule has 0 aliphatic carbocycles. The number of carboxylic acid groups (broad SMARTS) is 2. The van der Waals surface area contributed by atoms with E-state index in [0.717, 1.165) is 0 Å². The first-order valence-corrected chi connectivity index (χ1v) is 14.7. The van der Waals surface area contributed by atoms with Crippen LogP contribution in [-0.4, -0.2) is 115 Å². The molecule has 0 aromatic rings. The lowest BCUT2D eigenvalue weighted by Gasteiger charge is -2.42. The second-order valence-electron chi connectivity index (χ2n) is 10.2. The van der Waals surface area contributed by atoms with Crippen LogP contribution in [0.15, 0.2) is 0 Å². The van der Waals surface area contributed by atoms with Crippen molar-refractivity contribution in [2.24, 2.45) is 0 Å². The smallest absolute Gasteiger partial charge is 0.460 e. The molecule has 0 aliphatic heterocycles. The second kappa shape index (κ2) is 15.7.